The molecule has 1 aliphatic carbocycles. The van der Waals surface area contributed by atoms with Crippen LogP contribution in [0.3, 0.4) is 0 Å². The summed E-state index contributed by atoms with van der Waals surface area (Å²) < 4.78 is 91.3. The quantitative estimate of drug-likeness (QED) is 0.238. The number of rotatable bonds is 7. The first-order valence-corrected chi connectivity index (χ1v) is 10.2. The fraction of sp³-hybridized carbons (Fsp3) is 0.333. The van der Waals surface area contributed by atoms with Crippen molar-refractivity contribution in [3.8, 4) is 22.6 Å². The van der Waals surface area contributed by atoms with Gasteiger partial charge in [0.2, 0.25) is 0 Å². The van der Waals surface area contributed by atoms with Gasteiger partial charge in [-0.15, -0.1) is 0 Å². The van der Waals surface area contributed by atoms with Gasteiger partial charge in [-0.2, -0.15) is 17.6 Å². The molecule has 0 N–H and O–H groups in total. The Labute approximate surface area is 182 Å². The van der Waals surface area contributed by atoms with Gasteiger partial charge in [-0.3, -0.25) is 0 Å². The molecule has 1 saturated carbocycles. The third-order valence-corrected chi connectivity index (χ3v) is 5.42. The zero-order valence-corrected chi connectivity index (χ0v) is 17.3. The van der Waals surface area contributed by atoms with Gasteiger partial charge in [-0.25, -0.2) is 8.78 Å². The average Bonchev–Trinajstić information content (AvgIpc) is 2.73. The minimum absolute atomic E-state index is 0.0646. The van der Waals surface area contributed by atoms with Gasteiger partial charge in [-0.05, 0) is 68.4 Å². The van der Waals surface area contributed by atoms with Gasteiger partial charge in [0.05, 0.1) is 5.92 Å². The fourth-order valence-corrected chi connectivity index (χ4v) is 3.83. The summed E-state index contributed by atoms with van der Waals surface area (Å²) in [6.07, 6.45) is 0.309. The summed E-state index contributed by atoms with van der Waals surface area (Å²) in [6, 6.07) is 6.42. The third-order valence-electron chi connectivity index (χ3n) is 5.42. The van der Waals surface area contributed by atoms with Crippen LogP contribution in [-0.4, -0.2) is 6.11 Å². The zero-order valence-electron chi connectivity index (χ0n) is 17.3. The van der Waals surface area contributed by atoms with Crippen LogP contribution in [0.4, 0.5) is 26.3 Å². The molecule has 2 aromatic carbocycles. The summed E-state index contributed by atoms with van der Waals surface area (Å²) in [5.41, 5.74) is 0.0165. The van der Waals surface area contributed by atoms with Crippen molar-refractivity contribution in [2.24, 2.45) is 11.8 Å². The first-order valence-electron chi connectivity index (χ1n) is 10.2. The van der Waals surface area contributed by atoms with Gasteiger partial charge in [0.1, 0.15) is 11.6 Å². The Balaban J connectivity index is 1.71. The van der Waals surface area contributed by atoms with Crippen molar-refractivity contribution in [2.75, 3.05) is 0 Å². The van der Waals surface area contributed by atoms with Gasteiger partial charge < -0.3 is 9.47 Å². The molecular weight excluding hydrogens is 434 g/mol. The largest absolute Gasteiger partial charge is 0.456 e. The topological polar surface area (TPSA) is 18.5 Å². The van der Waals surface area contributed by atoms with E-state index in [1.165, 1.54) is 18.2 Å². The number of allylic oxidation sites excluding steroid dienone is 2. The maximum absolute atomic E-state index is 14.6. The molecule has 0 heterocycles. The Hall–Kier alpha value is -2.90. The summed E-state index contributed by atoms with van der Waals surface area (Å²) in [7, 11) is 0. The SMILES string of the molecule is C/C=C/C1CCC(C(F)(F)Oc2ccc(-c3ccc(OC=C(F)F)c(F)c3)c(F)c2)CC1. The lowest BCUT2D eigenvalue weighted by atomic mass is 9.81. The molecule has 0 amide bonds. The predicted octanol–water partition coefficient (Wildman–Crippen LogP) is 8.10. The Kier molecular flexibility index (Phi) is 7.53. The van der Waals surface area contributed by atoms with E-state index in [0.717, 1.165) is 18.2 Å². The number of ether oxygens (including phenoxy) is 2. The van der Waals surface area contributed by atoms with E-state index < -0.39 is 35.5 Å². The van der Waals surface area contributed by atoms with E-state index in [2.05, 4.69) is 4.74 Å². The normalized spacial score (nSPS) is 19.1. The van der Waals surface area contributed by atoms with Crippen LogP contribution in [0, 0.1) is 23.5 Å². The first-order chi connectivity index (χ1) is 15.2. The second-order valence-corrected chi connectivity index (χ2v) is 7.61. The van der Waals surface area contributed by atoms with Crippen molar-refractivity contribution < 1.29 is 35.8 Å². The Morgan fingerprint density at radius 1 is 0.969 bits per heavy atom. The average molecular weight is 456 g/mol. The number of hydrogen-bond acceptors (Lipinski definition) is 2. The highest BCUT2D eigenvalue weighted by molar-refractivity contribution is 5.66. The van der Waals surface area contributed by atoms with E-state index in [0.29, 0.717) is 25.7 Å². The molecular formula is C24H22F6O2. The second-order valence-electron chi connectivity index (χ2n) is 7.61. The number of hydrogen-bond donors (Lipinski definition) is 0. The van der Waals surface area contributed by atoms with E-state index >= 15 is 0 Å². The minimum Gasteiger partial charge on any atom is -0.456 e. The molecule has 0 atom stereocenters. The molecule has 1 aliphatic rings. The summed E-state index contributed by atoms with van der Waals surface area (Å²) in [5, 5.41) is 0. The van der Waals surface area contributed by atoms with Gasteiger partial charge >= 0.3 is 12.2 Å². The molecule has 0 spiro atoms. The Morgan fingerprint density at radius 3 is 2.28 bits per heavy atom. The highest BCUT2D eigenvalue weighted by atomic mass is 19.3. The Morgan fingerprint density at radius 2 is 1.69 bits per heavy atom. The number of benzene rings is 2. The lowest BCUT2D eigenvalue weighted by molar-refractivity contribution is -0.223. The summed E-state index contributed by atoms with van der Waals surface area (Å²) in [5.74, 6) is -3.36. The molecule has 0 radical (unpaired) electrons. The fourth-order valence-electron chi connectivity index (χ4n) is 3.83. The van der Waals surface area contributed by atoms with Gasteiger partial charge in [0.25, 0.3) is 0 Å². The molecule has 0 unspecified atom stereocenters. The van der Waals surface area contributed by atoms with Crippen LogP contribution in [0.5, 0.6) is 11.5 Å². The first kappa shape index (κ1) is 23.8. The molecule has 2 aromatic rings. The monoisotopic (exact) mass is 456 g/mol. The third kappa shape index (κ3) is 5.87. The van der Waals surface area contributed by atoms with Crippen molar-refractivity contribution in [1.29, 1.82) is 0 Å². The highest BCUT2D eigenvalue weighted by Crippen LogP contribution is 2.41. The van der Waals surface area contributed by atoms with Gasteiger partial charge in [0.15, 0.2) is 17.8 Å². The Bertz CT molecular complexity index is 990. The standard InChI is InChI=1S/C24H22F6O2/c1-2-3-15-4-7-17(8-5-15)24(29,30)32-18-9-10-19(20(25)13-18)16-6-11-22(21(26)12-16)31-14-23(27)28/h2-3,6,9-15,17H,4-5,7-8H2,1H3/b3-2+. The molecule has 32 heavy (non-hydrogen) atoms. The molecule has 0 saturated heterocycles. The predicted molar refractivity (Wildman–Crippen MR) is 109 cm³/mol. The van der Waals surface area contributed by atoms with Crippen molar-refractivity contribution >= 4 is 0 Å². The molecule has 0 aliphatic heterocycles. The number of halogens is 6. The van der Waals surface area contributed by atoms with Gasteiger partial charge in [-0.1, -0.05) is 18.2 Å². The lowest BCUT2D eigenvalue weighted by Gasteiger charge is -2.32. The van der Waals surface area contributed by atoms with Crippen molar-refractivity contribution in [3.05, 3.63) is 72.5 Å². The highest BCUT2D eigenvalue weighted by Gasteiger charge is 2.43. The molecule has 1 fully saturated rings. The van der Waals surface area contributed by atoms with Gasteiger partial charge in [0, 0.05) is 11.6 Å². The van der Waals surface area contributed by atoms with Crippen LogP contribution in [-0.2, 0) is 0 Å². The minimum atomic E-state index is -3.45. The maximum Gasteiger partial charge on any atom is 0.400 e. The van der Waals surface area contributed by atoms with Crippen LogP contribution in [0.1, 0.15) is 32.6 Å². The molecule has 8 heteroatoms. The van der Waals surface area contributed by atoms with Crippen LogP contribution in [0.2, 0.25) is 0 Å². The zero-order chi connectivity index (χ0) is 23.3. The van der Waals surface area contributed by atoms with Crippen molar-refractivity contribution in [2.45, 2.75) is 38.7 Å². The smallest absolute Gasteiger partial charge is 0.400 e. The summed E-state index contributed by atoms with van der Waals surface area (Å²) in [4.78, 5) is 0. The van der Waals surface area contributed by atoms with Crippen molar-refractivity contribution in [1.82, 2.24) is 0 Å². The molecule has 2 nitrogen and oxygen atoms in total. The summed E-state index contributed by atoms with van der Waals surface area (Å²) in [6.45, 7) is 1.89. The summed E-state index contributed by atoms with van der Waals surface area (Å²) >= 11 is 0. The van der Waals surface area contributed by atoms with Crippen LogP contribution in [0.25, 0.3) is 11.1 Å². The lowest BCUT2D eigenvalue weighted by Crippen LogP contribution is -2.37. The molecule has 3 rings (SSSR count). The van der Waals surface area contributed by atoms with E-state index in [9.17, 15) is 26.3 Å². The molecule has 0 bridgehead atoms. The van der Waals surface area contributed by atoms with Crippen LogP contribution >= 0.6 is 0 Å². The maximum atomic E-state index is 14.6. The molecule has 172 valence electrons. The van der Waals surface area contributed by atoms with E-state index in [1.54, 1.807) is 0 Å². The van der Waals surface area contributed by atoms with Crippen LogP contribution in [0.15, 0.2) is 60.9 Å². The van der Waals surface area contributed by atoms with E-state index in [-0.39, 0.29) is 29.1 Å². The second kappa shape index (κ2) is 10.1. The van der Waals surface area contributed by atoms with E-state index in [1.807, 2.05) is 19.1 Å². The number of alkyl halides is 2. The van der Waals surface area contributed by atoms with E-state index in [4.69, 9.17) is 4.74 Å². The molecule has 0 aromatic heterocycles. The van der Waals surface area contributed by atoms with Crippen LogP contribution < -0.4 is 9.47 Å². The van der Waals surface area contributed by atoms with Crippen molar-refractivity contribution in [3.63, 3.8) is 0 Å².